The van der Waals surface area contributed by atoms with E-state index in [1.54, 1.807) is 36.5 Å². The average molecular weight is 639 g/mol. The molecule has 3 heterocycles. The van der Waals surface area contributed by atoms with Gasteiger partial charge in [0.2, 0.25) is 0 Å². The normalized spacial score (nSPS) is 31.3. The van der Waals surface area contributed by atoms with Gasteiger partial charge in [-0.1, -0.05) is 63.8 Å². The van der Waals surface area contributed by atoms with Crippen LogP contribution in [0.2, 0.25) is 0 Å². The maximum absolute atomic E-state index is 13.4. The molecule has 0 bridgehead atoms. The first-order chi connectivity index (χ1) is 22.0. The predicted octanol–water partition coefficient (Wildman–Crippen LogP) is 5.33. The van der Waals surface area contributed by atoms with Crippen molar-refractivity contribution in [1.29, 1.82) is 0 Å². The van der Waals surface area contributed by atoms with Crippen LogP contribution in [0.25, 0.3) is 0 Å². The van der Waals surface area contributed by atoms with Gasteiger partial charge in [0.25, 0.3) is 0 Å². The number of nitrogens with zero attached hydrogens (tertiary/aromatic N) is 4. The first-order valence-corrected chi connectivity index (χ1v) is 17.1. The zero-order valence-electron chi connectivity index (χ0n) is 28.1. The molecule has 1 aliphatic carbocycles. The number of aliphatic hydroxyl groups is 2. The molecule has 1 unspecified atom stereocenters. The van der Waals surface area contributed by atoms with Crippen LogP contribution >= 0.6 is 0 Å². The van der Waals surface area contributed by atoms with Gasteiger partial charge >= 0.3 is 12.1 Å². The lowest BCUT2D eigenvalue weighted by atomic mass is 9.88. The van der Waals surface area contributed by atoms with Crippen molar-refractivity contribution in [2.75, 3.05) is 26.2 Å². The van der Waals surface area contributed by atoms with Gasteiger partial charge < -0.3 is 24.6 Å². The van der Waals surface area contributed by atoms with E-state index in [-0.39, 0.29) is 31.1 Å². The Bertz CT molecular complexity index is 1200. The molecule has 1 aromatic rings. The number of esters is 1. The number of rotatable bonds is 6. The summed E-state index contributed by atoms with van der Waals surface area (Å²) in [5, 5.41) is 22.1. The molecule has 2 fully saturated rings. The average Bonchev–Trinajstić information content (AvgIpc) is 3.34. The number of cyclic esters (lactones) is 1. The number of amides is 1. The number of allylic oxidation sites excluding steroid dienone is 3. The lowest BCUT2D eigenvalue weighted by Crippen LogP contribution is -2.53. The lowest BCUT2D eigenvalue weighted by molar-refractivity contribution is -0.151. The van der Waals surface area contributed by atoms with Gasteiger partial charge in [0, 0.05) is 62.6 Å². The molecular formula is C36H54N4O6. The van der Waals surface area contributed by atoms with Crippen molar-refractivity contribution in [3.05, 3.63) is 60.2 Å². The number of carbonyl (C=O) groups is 2. The molecule has 1 saturated heterocycles. The van der Waals surface area contributed by atoms with E-state index >= 15 is 0 Å². The van der Waals surface area contributed by atoms with E-state index < -0.39 is 36.0 Å². The summed E-state index contributed by atoms with van der Waals surface area (Å²) >= 11 is 0. The Hall–Kier alpha value is -3.08. The maximum Gasteiger partial charge on any atom is 0.410 e. The molecule has 1 aromatic heterocycles. The summed E-state index contributed by atoms with van der Waals surface area (Å²) in [4.78, 5) is 39.0. The monoisotopic (exact) mass is 638 g/mol. The molecular weight excluding hydrogens is 584 g/mol. The molecule has 2 N–H and O–H groups in total. The third-order valence-corrected chi connectivity index (χ3v) is 9.72. The van der Waals surface area contributed by atoms with Crippen molar-refractivity contribution in [2.24, 2.45) is 5.92 Å². The van der Waals surface area contributed by atoms with Crippen LogP contribution in [0.1, 0.15) is 97.1 Å². The molecule has 2 aliphatic heterocycles. The van der Waals surface area contributed by atoms with E-state index in [9.17, 15) is 19.8 Å². The minimum absolute atomic E-state index is 0.0431. The first-order valence-electron chi connectivity index (χ1n) is 17.1. The van der Waals surface area contributed by atoms with E-state index in [4.69, 9.17) is 9.47 Å². The van der Waals surface area contributed by atoms with Crippen LogP contribution < -0.4 is 0 Å². The minimum atomic E-state index is -1.45. The van der Waals surface area contributed by atoms with E-state index in [0.29, 0.717) is 19.1 Å². The summed E-state index contributed by atoms with van der Waals surface area (Å²) in [5.41, 5.74) is 0.214. The number of piperazine rings is 1. The fourth-order valence-corrected chi connectivity index (χ4v) is 6.64. The van der Waals surface area contributed by atoms with Crippen molar-refractivity contribution in [1.82, 2.24) is 19.8 Å². The molecule has 46 heavy (non-hydrogen) atoms. The third kappa shape index (κ3) is 10.5. The van der Waals surface area contributed by atoms with Crippen LogP contribution in [0.15, 0.2) is 54.5 Å². The van der Waals surface area contributed by atoms with Gasteiger partial charge in [0.05, 0.1) is 18.2 Å². The molecule has 3 aliphatic rings. The van der Waals surface area contributed by atoms with Crippen LogP contribution in [-0.2, 0) is 14.3 Å². The van der Waals surface area contributed by atoms with Crippen LogP contribution in [-0.4, -0.2) is 98.2 Å². The highest BCUT2D eigenvalue weighted by Gasteiger charge is 2.37. The highest BCUT2D eigenvalue weighted by molar-refractivity contribution is 5.70. The highest BCUT2D eigenvalue weighted by atomic mass is 16.6. The standard InChI is InChI=1S/C36H54N4O6/c1-26(31-25-37-18-19-38-31)10-9-11-27(2)34-28(3)14-15-32(36(4,44)17-16-30(41)24-33(42)46-34)45-35(43)40-22-20-39(21-23-40)29-12-7-5-6-8-13-29/h9-11,14-15,18-19,25-26,28-30,32,34,41,44H,5-8,12-13,16-17,20-24H2,1-4H3/b10-9+,15-14+,27-11+/t26?,28-,30+,32-,34+,36+/m0/s1. The third-order valence-electron chi connectivity index (χ3n) is 9.72. The zero-order chi connectivity index (χ0) is 33.1. The molecule has 0 spiro atoms. The number of aliphatic hydroxyl groups excluding tert-OH is 1. The molecule has 0 radical (unpaired) electrons. The zero-order valence-corrected chi connectivity index (χ0v) is 28.1. The Labute approximate surface area is 274 Å². The van der Waals surface area contributed by atoms with Gasteiger partial charge in [-0.25, -0.2) is 4.79 Å². The molecule has 10 nitrogen and oxygen atoms in total. The summed E-state index contributed by atoms with van der Waals surface area (Å²) < 4.78 is 11.9. The molecule has 6 atom stereocenters. The van der Waals surface area contributed by atoms with Crippen molar-refractivity contribution in [3.8, 4) is 0 Å². The van der Waals surface area contributed by atoms with Crippen molar-refractivity contribution in [3.63, 3.8) is 0 Å². The second-order valence-electron chi connectivity index (χ2n) is 13.6. The Morgan fingerprint density at radius 3 is 2.50 bits per heavy atom. The van der Waals surface area contributed by atoms with Gasteiger partial charge in [-0.05, 0) is 51.2 Å². The number of ether oxygens (including phenoxy) is 2. The van der Waals surface area contributed by atoms with Crippen molar-refractivity contribution in [2.45, 2.75) is 121 Å². The summed E-state index contributed by atoms with van der Waals surface area (Å²) in [6.07, 6.45) is 19.1. The van der Waals surface area contributed by atoms with Crippen LogP contribution in [0, 0.1) is 5.92 Å². The van der Waals surface area contributed by atoms with E-state index in [2.05, 4.69) is 14.9 Å². The SMILES string of the molecule is C/C(=C\C=C\C(C)c1cnccn1)[C@H]1OC(=O)C[C@H](O)CC[C@@](C)(O)[C@@H](OC(=O)N2CCN(C3CCCCCC3)CC2)/C=C/[C@@H]1C. The Kier molecular flexibility index (Phi) is 13.4. The molecule has 4 rings (SSSR count). The summed E-state index contributed by atoms with van der Waals surface area (Å²) in [5.74, 6) is -0.766. The van der Waals surface area contributed by atoms with Gasteiger partial charge in [0.15, 0.2) is 6.10 Å². The van der Waals surface area contributed by atoms with E-state index in [1.165, 1.54) is 38.5 Å². The number of carbonyl (C=O) groups excluding carboxylic acids is 2. The van der Waals surface area contributed by atoms with Crippen LogP contribution in [0.5, 0.6) is 0 Å². The largest absolute Gasteiger partial charge is 0.457 e. The Morgan fingerprint density at radius 2 is 1.83 bits per heavy atom. The molecule has 254 valence electrons. The topological polar surface area (TPSA) is 125 Å². The molecule has 1 saturated carbocycles. The highest BCUT2D eigenvalue weighted by Crippen LogP contribution is 2.28. The minimum Gasteiger partial charge on any atom is -0.457 e. The van der Waals surface area contributed by atoms with Gasteiger partial charge in [-0.2, -0.15) is 0 Å². The molecule has 0 aromatic carbocycles. The quantitative estimate of drug-likeness (QED) is 0.184. The van der Waals surface area contributed by atoms with Crippen LogP contribution in [0.3, 0.4) is 0 Å². The van der Waals surface area contributed by atoms with E-state index in [0.717, 1.165) is 24.4 Å². The van der Waals surface area contributed by atoms with Crippen molar-refractivity contribution < 1.29 is 29.3 Å². The fourth-order valence-electron chi connectivity index (χ4n) is 6.64. The summed E-state index contributed by atoms with van der Waals surface area (Å²) in [7, 11) is 0. The van der Waals surface area contributed by atoms with E-state index in [1.807, 2.05) is 45.1 Å². The number of hydrogen-bond donors (Lipinski definition) is 2. The Morgan fingerprint density at radius 1 is 1.11 bits per heavy atom. The fraction of sp³-hybridized carbons (Fsp3) is 0.667. The molecule has 1 amide bonds. The van der Waals surface area contributed by atoms with Crippen LogP contribution in [0.4, 0.5) is 4.79 Å². The summed E-state index contributed by atoms with van der Waals surface area (Å²) in [6, 6.07) is 0.597. The first kappa shape index (κ1) is 35.8. The lowest BCUT2D eigenvalue weighted by Gasteiger charge is -2.40. The van der Waals surface area contributed by atoms with Gasteiger partial charge in [-0.15, -0.1) is 0 Å². The van der Waals surface area contributed by atoms with Gasteiger partial charge in [0.1, 0.15) is 11.7 Å². The summed E-state index contributed by atoms with van der Waals surface area (Å²) in [6.45, 7) is 10.3. The molecule has 10 heteroatoms. The predicted molar refractivity (Wildman–Crippen MR) is 177 cm³/mol. The van der Waals surface area contributed by atoms with Crippen molar-refractivity contribution >= 4 is 12.1 Å². The second kappa shape index (κ2) is 17.2. The second-order valence-corrected chi connectivity index (χ2v) is 13.6. The maximum atomic E-state index is 13.4. The van der Waals surface area contributed by atoms with Gasteiger partial charge in [-0.3, -0.25) is 19.7 Å². The number of aromatic nitrogens is 2. The smallest absolute Gasteiger partial charge is 0.410 e. The number of hydrogen-bond acceptors (Lipinski definition) is 9. The Balaban J connectivity index is 1.45.